The molecule has 0 spiro atoms. The summed E-state index contributed by atoms with van der Waals surface area (Å²) in [5.74, 6) is -0.123. The largest absolute Gasteiger partial charge is 0.368 e. The van der Waals surface area contributed by atoms with Crippen LogP contribution in [0.5, 0.6) is 0 Å². The van der Waals surface area contributed by atoms with Gasteiger partial charge in [-0.25, -0.2) is 0 Å². The molecule has 1 atom stereocenters. The summed E-state index contributed by atoms with van der Waals surface area (Å²) in [6.45, 7) is 0.758. The minimum Gasteiger partial charge on any atom is -0.368 e. The van der Waals surface area contributed by atoms with Crippen molar-refractivity contribution >= 4 is 11.9 Å². The summed E-state index contributed by atoms with van der Waals surface area (Å²) in [4.78, 5) is 12.5. The minimum atomic E-state index is -0.406. The summed E-state index contributed by atoms with van der Waals surface area (Å²) in [6.07, 6.45) is 0.846. The highest BCUT2D eigenvalue weighted by molar-refractivity contribution is 5.85. The van der Waals surface area contributed by atoms with Crippen LogP contribution >= 0.6 is 0 Å². The van der Waals surface area contributed by atoms with Gasteiger partial charge < -0.3 is 16.0 Å². The molecule has 0 aromatic heterocycles. The Bertz CT molecular complexity index is 418. The van der Waals surface area contributed by atoms with Gasteiger partial charge in [0.15, 0.2) is 5.96 Å². The molecule has 1 fully saturated rings. The number of guanidine groups is 1. The lowest BCUT2D eigenvalue weighted by molar-refractivity contribution is -0.118. The summed E-state index contributed by atoms with van der Waals surface area (Å²) in [5, 5.41) is 10.8. The third-order valence-electron chi connectivity index (χ3n) is 2.77. The summed E-state index contributed by atoms with van der Waals surface area (Å²) in [6, 6.07) is 10.3. The van der Waals surface area contributed by atoms with Crippen LogP contribution in [0.25, 0.3) is 0 Å². The lowest BCUT2D eigenvalue weighted by Gasteiger charge is -2.13. The van der Waals surface area contributed by atoms with Crippen LogP contribution in [0.1, 0.15) is 5.56 Å². The number of hydrogen-bond donors (Lipinski definition) is 3. The molecular weight excluding hydrogens is 216 g/mol. The zero-order chi connectivity index (χ0) is 12.3. The molecule has 4 N–H and O–H groups in total. The summed E-state index contributed by atoms with van der Waals surface area (Å²) in [5.41, 5.74) is 6.35. The Hall–Kier alpha value is -2.04. The van der Waals surface area contributed by atoms with E-state index in [-0.39, 0.29) is 18.5 Å². The number of rotatable bonds is 4. The predicted molar refractivity (Wildman–Crippen MR) is 65.6 cm³/mol. The SMILES string of the molecule is N=C1NC(Cc2ccccc2)CN1CC(N)=O. The van der Waals surface area contributed by atoms with E-state index in [1.165, 1.54) is 5.56 Å². The predicted octanol–water partition coefficient (Wildman–Crippen LogP) is -0.0770. The van der Waals surface area contributed by atoms with Crippen LogP contribution in [-0.2, 0) is 11.2 Å². The molecule has 1 heterocycles. The second kappa shape index (κ2) is 4.86. The lowest BCUT2D eigenvalue weighted by atomic mass is 10.1. The normalized spacial score (nSPS) is 19.2. The highest BCUT2D eigenvalue weighted by Gasteiger charge is 2.26. The Balaban J connectivity index is 1.93. The van der Waals surface area contributed by atoms with E-state index in [1.807, 2.05) is 18.2 Å². The van der Waals surface area contributed by atoms with Gasteiger partial charge in [-0.1, -0.05) is 30.3 Å². The molecule has 1 aromatic rings. The molecule has 0 saturated carbocycles. The molecule has 1 aromatic carbocycles. The lowest BCUT2D eigenvalue weighted by Crippen LogP contribution is -2.36. The van der Waals surface area contributed by atoms with Gasteiger partial charge in [-0.2, -0.15) is 0 Å². The molecule has 1 unspecified atom stereocenters. The van der Waals surface area contributed by atoms with Crippen LogP contribution in [0.15, 0.2) is 30.3 Å². The number of hydrogen-bond acceptors (Lipinski definition) is 2. The van der Waals surface area contributed by atoms with Crippen molar-refractivity contribution in [3.8, 4) is 0 Å². The Kier molecular flexibility index (Phi) is 3.27. The molecule has 17 heavy (non-hydrogen) atoms. The van der Waals surface area contributed by atoms with Crippen molar-refractivity contribution in [1.29, 1.82) is 5.41 Å². The maximum atomic E-state index is 10.8. The molecule has 90 valence electrons. The first-order valence-corrected chi connectivity index (χ1v) is 5.57. The van der Waals surface area contributed by atoms with Gasteiger partial charge in [-0.3, -0.25) is 10.2 Å². The molecule has 1 saturated heterocycles. The minimum absolute atomic E-state index is 0.108. The van der Waals surface area contributed by atoms with Gasteiger partial charge in [0.1, 0.15) is 0 Å². The average molecular weight is 232 g/mol. The van der Waals surface area contributed by atoms with Gasteiger partial charge in [-0.15, -0.1) is 0 Å². The van der Waals surface area contributed by atoms with Gasteiger partial charge in [0, 0.05) is 6.54 Å². The Morgan fingerprint density at radius 2 is 2.18 bits per heavy atom. The van der Waals surface area contributed by atoms with E-state index in [2.05, 4.69) is 17.4 Å². The fraction of sp³-hybridized carbons (Fsp3) is 0.333. The van der Waals surface area contributed by atoms with Crippen molar-refractivity contribution in [1.82, 2.24) is 10.2 Å². The van der Waals surface area contributed by atoms with Crippen molar-refractivity contribution in [3.63, 3.8) is 0 Å². The maximum Gasteiger partial charge on any atom is 0.237 e. The van der Waals surface area contributed by atoms with E-state index < -0.39 is 5.91 Å². The number of nitrogens with one attached hydrogen (secondary N) is 2. The van der Waals surface area contributed by atoms with Gasteiger partial charge in [0.25, 0.3) is 0 Å². The zero-order valence-electron chi connectivity index (χ0n) is 9.52. The van der Waals surface area contributed by atoms with Crippen molar-refractivity contribution < 1.29 is 4.79 Å². The number of primary amides is 1. The monoisotopic (exact) mass is 232 g/mol. The van der Waals surface area contributed by atoms with E-state index in [0.717, 1.165) is 6.42 Å². The van der Waals surface area contributed by atoms with Crippen LogP contribution in [0.4, 0.5) is 0 Å². The van der Waals surface area contributed by atoms with E-state index in [4.69, 9.17) is 11.1 Å². The van der Waals surface area contributed by atoms with Crippen molar-refractivity contribution in [2.45, 2.75) is 12.5 Å². The third-order valence-corrected chi connectivity index (χ3v) is 2.77. The molecule has 5 heteroatoms. The van der Waals surface area contributed by atoms with Gasteiger partial charge in [0.05, 0.1) is 12.6 Å². The van der Waals surface area contributed by atoms with Crippen molar-refractivity contribution in [2.24, 2.45) is 5.73 Å². The Morgan fingerprint density at radius 3 is 2.82 bits per heavy atom. The molecule has 5 nitrogen and oxygen atoms in total. The van der Waals surface area contributed by atoms with Gasteiger partial charge in [0.2, 0.25) is 5.91 Å². The fourth-order valence-corrected chi connectivity index (χ4v) is 2.03. The molecule has 0 aliphatic carbocycles. The number of nitrogens with two attached hydrogens (primary N) is 1. The number of carbonyl (C=O) groups excluding carboxylic acids is 1. The molecule has 0 radical (unpaired) electrons. The summed E-state index contributed by atoms with van der Waals surface area (Å²) >= 11 is 0. The molecule has 2 rings (SSSR count). The Labute approximate surface area is 100 Å². The smallest absolute Gasteiger partial charge is 0.237 e. The van der Waals surface area contributed by atoms with E-state index in [9.17, 15) is 4.79 Å². The molecular formula is C12H16N4O. The summed E-state index contributed by atoms with van der Waals surface area (Å²) < 4.78 is 0. The number of nitrogens with zero attached hydrogens (tertiary/aromatic N) is 1. The van der Waals surface area contributed by atoms with Crippen LogP contribution < -0.4 is 11.1 Å². The van der Waals surface area contributed by atoms with Crippen LogP contribution in [0, 0.1) is 5.41 Å². The number of benzene rings is 1. The maximum absolute atomic E-state index is 10.8. The molecule has 1 aliphatic heterocycles. The van der Waals surface area contributed by atoms with Crippen LogP contribution in [0.2, 0.25) is 0 Å². The molecule has 0 bridgehead atoms. The zero-order valence-corrected chi connectivity index (χ0v) is 9.52. The topological polar surface area (TPSA) is 82.2 Å². The highest BCUT2D eigenvalue weighted by atomic mass is 16.1. The van der Waals surface area contributed by atoms with E-state index in [1.54, 1.807) is 4.90 Å². The third kappa shape index (κ3) is 2.96. The second-order valence-corrected chi connectivity index (χ2v) is 4.23. The first-order chi connectivity index (χ1) is 8.15. The van der Waals surface area contributed by atoms with Crippen LogP contribution in [0.3, 0.4) is 0 Å². The first kappa shape index (κ1) is 11.4. The van der Waals surface area contributed by atoms with Crippen molar-refractivity contribution in [3.05, 3.63) is 35.9 Å². The number of amides is 1. The second-order valence-electron chi connectivity index (χ2n) is 4.23. The Morgan fingerprint density at radius 1 is 1.47 bits per heavy atom. The fourth-order valence-electron chi connectivity index (χ4n) is 2.03. The van der Waals surface area contributed by atoms with E-state index in [0.29, 0.717) is 6.54 Å². The summed E-state index contributed by atoms with van der Waals surface area (Å²) in [7, 11) is 0. The van der Waals surface area contributed by atoms with Crippen molar-refractivity contribution in [2.75, 3.05) is 13.1 Å². The van der Waals surface area contributed by atoms with Crippen LogP contribution in [-0.4, -0.2) is 35.9 Å². The number of carbonyl (C=O) groups is 1. The van der Waals surface area contributed by atoms with Gasteiger partial charge >= 0.3 is 0 Å². The quantitative estimate of drug-likeness (QED) is 0.679. The highest BCUT2D eigenvalue weighted by Crippen LogP contribution is 2.09. The first-order valence-electron chi connectivity index (χ1n) is 5.57. The van der Waals surface area contributed by atoms with Gasteiger partial charge in [-0.05, 0) is 12.0 Å². The molecule has 1 aliphatic rings. The molecule has 1 amide bonds. The van der Waals surface area contributed by atoms with E-state index >= 15 is 0 Å². The average Bonchev–Trinajstić information content (AvgIpc) is 2.59. The standard InChI is InChI=1S/C12H16N4O/c13-11(17)8-16-7-10(15-12(16)14)6-9-4-2-1-3-5-9/h1-5,10H,6-8H2,(H2,13,17)(H2,14,15).